The summed E-state index contributed by atoms with van der Waals surface area (Å²) in [6.45, 7) is 28.5. The lowest BCUT2D eigenvalue weighted by atomic mass is 9.54. The molecule has 0 unspecified atom stereocenters. The Hall–Kier alpha value is -13.8. The van der Waals surface area contributed by atoms with Gasteiger partial charge in [0.15, 0.2) is 23.3 Å². The molecule has 7 heteroatoms. The molecule has 3 heterocycles. The van der Waals surface area contributed by atoms with E-state index >= 15 is 0 Å². The molecule has 15 aromatic carbocycles. The molecule has 0 radical (unpaired) electrons. The zero-order chi connectivity index (χ0) is 82.5. The van der Waals surface area contributed by atoms with E-state index in [2.05, 4.69) is 356 Å². The van der Waals surface area contributed by atoms with Crippen LogP contribution in [-0.2, 0) is 32.5 Å². The molecule has 0 fully saturated rings. The van der Waals surface area contributed by atoms with Crippen LogP contribution in [0.1, 0.15) is 116 Å². The van der Waals surface area contributed by atoms with Crippen LogP contribution in [0.5, 0.6) is 0 Å². The summed E-state index contributed by atoms with van der Waals surface area (Å²) in [4.78, 5) is 35.7. The number of benzene rings is 15. The first kappa shape index (κ1) is 76.2. The predicted octanol–water partition coefficient (Wildman–Crippen LogP) is 29.0. The fourth-order valence-corrected chi connectivity index (χ4v) is 19.0. The van der Waals surface area contributed by atoms with Gasteiger partial charge in [-0.05, 0) is 151 Å². The maximum Gasteiger partial charge on any atom is 0.164 e. The molecule has 582 valence electrons. The highest BCUT2D eigenvalue weighted by Gasteiger charge is 2.50. The number of nitrogens with zero attached hydrogens (tertiary/aromatic N) is 7. The molecule has 0 saturated carbocycles. The van der Waals surface area contributed by atoms with Gasteiger partial charge in [0.1, 0.15) is 0 Å². The van der Waals surface area contributed by atoms with E-state index in [0.717, 1.165) is 89.2 Å². The molecule has 0 spiro atoms. The van der Waals surface area contributed by atoms with E-state index in [1.807, 2.05) is 84.9 Å². The third-order valence-corrected chi connectivity index (χ3v) is 27.6. The second kappa shape index (κ2) is 29.7. The lowest BCUT2D eigenvalue weighted by molar-refractivity contribution is 0.299. The molecule has 7 nitrogen and oxygen atoms in total. The van der Waals surface area contributed by atoms with Crippen molar-refractivity contribution < 1.29 is 0 Å². The number of fused-ring (bicyclic) bond motifs is 12. The minimum Gasteiger partial charge on any atom is -0.244 e. The van der Waals surface area contributed by atoms with Crippen molar-refractivity contribution in [3.8, 4) is 135 Å². The molecule has 0 N–H and O–H groups in total. The van der Waals surface area contributed by atoms with Crippen LogP contribution < -0.4 is 0 Å². The highest BCUT2D eigenvalue weighted by molar-refractivity contribution is 6.07. The standard InChI is InChI=1S/C43H35N3.C38H32N2.C32H28N2/c1-42(2)36-26-12-11-20-35(36)38-33(24-15-27-37(38)43(42,3)4)31-22-13-23-32-30(31)21-14-25-34(32)41-45-39(28-16-7-5-8-17-28)44-40(46-41)29-18-9-6-10-19-29;1-37(2)31-15-9-8-14-29(31)30-23-22-28(24-32(30)38(37,3)4)36-35(39-33-16-10-11-17-34(33)40-36)27-20-18-26(19-21-27)25-12-6-5-7-13-25;1-31(2)26-19-10-8-15-22(26)23-17-12-18-25(28(23)32(31,3)4)30-33-27-20-11-9-16-24(27)29(34-30)21-13-6-5-7-14-21/h5-27H,1-4H3;5-24H,1-4H3;5-20H,1-4H3. The van der Waals surface area contributed by atoms with Crippen molar-refractivity contribution in [3.63, 3.8) is 0 Å². The fraction of sp³-hybridized carbons (Fsp3) is 0.159. The van der Waals surface area contributed by atoms with Crippen LogP contribution in [0.2, 0.25) is 0 Å². The normalized spacial score (nSPS) is 14.9. The Bertz CT molecular complexity index is 6940. The molecule has 0 saturated heterocycles. The maximum atomic E-state index is 5.22. The second-order valence-corrected chi connectivity index (χ2v) is 35.5. The summed E-state index contributed by atoms with van der Waals surface area (Å²) in [6.07, 6.45) is 0. The zero-order valence-electron chi connectivity index (χ0n) is 70.2. The third-order valence-electron chi connectivity index (χ3n) is 27.6. The molecule has 0 amide bonds. The number of rotatable bonds is 9. The van der Waals surface area contributed by atoms with Crippen LogP contribution in [0, 0.1) is 0 Å². The molecule has 3 aliphatic carbocycles. The van der Waals surface area contributed by atoms with E-state index in [1.54, 1.807) is 0 Å². The zero-order valence-corrected chi connectivity index (χ0v) is 70.2. The van der Waals surface area contributed by atoms with Crippen LogP contribution in [-0.4, -0.2) is 34.9 Å². The molecule has 18 aromatic rings. The summed E-state index contributed by atoms with van der Waals surface area (Å²) in [5.74, 6) is 2.78. The van der Waals surface area contributed by atoms with Gasteiger partial charge in [0.25, 0.3) is 0 Å². The van der Waals surface area contributed by atoms with Crippen molar-refractivity contribution in [2.75, 3.05) is 0 Å². The summed E-state index contributed by atoms with van der Waals surface area (Å²) < 4.78 is 0. The molecule has 0 aliphatic heterocycles. The first-order chi connectivity index (χ1) is 58.1. The molecule has 3 aliphatic rings. The molecule has 3 aromatic heterocycles. The number of aromatic nitrogens is 7. The number of hydrogen-bond acceptors (Lipinski definition) is 7. The lowest BCUT2D eigenvalue weighted by Crippen LogP contribution is -2.44. The Morgan fingerprint density at radius 2 is 0.508 bits per heavy atom. The van der Waals surface area contributed by atoms with E-state index < -0.39 is 0 Å². The van der Waals surface area contributed by atoms with Gasteiger partial charge >= 0.3 is 0 Å². The van der Waals surface area contributed by atoms with E-state index in [0.29, 0.717) is 17.5 Å². The first-order valence-corrected chi connectivity index (χ1v) is 41.9. The smallest absolute Gasteiger partial charge is 0.164 e. The highest BCUT2D eigenvalue weighted by Crippen LogP contribution is 2.59. The van der Waals surface area contributed by atoms with Crippen molar-refractivity contribution >= 4 is 32.7 Å². The van der Waals surface area contributed by atoms with Crippen molar-refractivity contribution in [1.29, 1.82) is 0 Å². The second-order valence-electron chi connectivity index (χ2n) is 35.5. The van der Waals surface area contributed by atoms with Crippen molar-refractivity contribution in [3.05, 3.63) is 391 Å². The summed E-state index contributed by atoms with van der Waals surface area (Å²) in [5.41, 5.74) is 33.6. The monoisotopic (exact) mass is 1550 g/mol. The summed E-state index contributed by atoms with van der Waals surface area (Å²) in [6, 6.07) is 127. The van der Waals surface area contributed by atoms with Crippen LogP contribution >= 0.6 is 0 Å². The van der Waals surface area contributed by atoms with Crippen LogP contribution in [0.15, 0.2) is 358 Å². The Morgan fingerprint density at radius 3 is 1.11 bits per heavy atom. The van der Waals surface area contributed by atoms with Gasteiger partial charge in [0.05, 0.1) is 33.6 Å². The molecule has 0 atom stereocenters. The number of para-hydroxylation sites is 3. The first-order valence-electron chi connectivity index (χ1n) is 41.9. The number of hydrogen-bond donors (Lipinski definition) is 0. The minimum absolute atomic E-state index is 0.0211. The SMILES string of the molecule is CC1(C)c2ccccc2-c2c(-c3cccc4c(-c5nc(-c6ccccc6)nc(-c6ccccc6)n5)cccc34)cccc2C1(C)C.CC1(C)c2ccccc2-c2ccc(-c3nc4ccccc4nc3-c3ccc(-c4ccccc4)cc3)cc2C1(C)C.CC1(C)c2ccccc2-c2cccc(-c3nc(-c4ccccc4)c4ccccc4n3)c2C1(C)C. The van der Waals surface area contributed by atoms with Crippen molar-refractivity contribution in [1.82, 2.24) is 34.9 Å². The third kappa shape index (κ3) is 12.7. The predicted molar refractivity (Wildman–Crippen MR) is 500 cm³/mol. The van der Waals surface area contributed by atoms with Gasteiger partial charge in [-0.1, -0.05) is 417 Å². The molecule has 21 rings (SSSR count). The van der Waals surface area contributed by atoms with Gasteiger partial charge in [0, 0.05) is 49.7 Å². The van der Waals surface area contributed by atoms with Crippen LogP contribution in [0.4, 0.5) is 0 Å². The van der Waals surface area contributed by atoms with Crippen LogP contribution in [0.3, 0.4) is 0 Å². The summed E-state index contributed by atoms with van der Waals surface area (Å²) >= 11 is 0. The Morgan fingerprint density at radius 1 is 0.167 bits per heavy atom. The lowest BCUT2D eigenvalue weighted by Gasteiger charge is -2.49. The van der Waals surface area contributed by atoms with Gasteiger partial charge in [-0.2, -0.15) is 0 Å². The molecular formula is C113H95N7. The van der Waals surface area contributed by atoms with E-state index in [1.165, 1.54) is 94.4 Å². The van der Waals surface area contributed by atoms with Gasteiger partial charge in [0.2, 0.25) is 0 Å². The Balaban J connectivity index is 0.000000120. The van der Waals surface area contributed by atoms with Gasteiger partial charge in [-0.25, -0.2) is 34.9 Å². The summed E-state index contributed by atoms with van der Waals surface area (Å²) in [5, 5.41) is 3.37. The molecule has 0 bridgehead atoms. The fourth-order valence-electron chi connectivity index (χ4n) is 19.0. The maximum absolute atomic E-state index is 5.22. The molecule has 120 heavy (non-hydrogen) atoms. The van der Waals surface area contributed by atoms with Crippen molar-refractivity contribution in [2.45, 2.75) is 116 Å². The summed E-state index contributed by atoms with van der Waals surface area (Å²) in [7, 11) is 0. The van der Waals surface area contributed by atoms with E-state index in [-0.39, 0.29) is 32.5 Å². The average Bonchev–Trinajstić information content (AvgIpc) is 0.713. The van der Waals surface area contributed by atoms with Gasteiger partial charge < -0.3 is 0 Å². The minimum atomic E-state index is -0.116. The Labute approximate surface area is 704 Å². The van der Waals surface area contributed by atoms with Crippen LogP contribution in [0.25, 0.3) is 168 Å². The van der Waals surface area contributed by atoms with Gasteiger partial charge in [-0.15, -0.1) is 0 Å². The van der Waals surface area contributed by atoms with E-state index in [4.69, 9.17) is 34.9 Å². The van der Waals surface area contributed by atoms with Crippen molar-refractivity contribution in [2.24, 2.45) is 0 Å². The highest BCUT2D eigenvalue weighted by atomic mass is 15.0. The largest absolute Gasteiger partial charge is 0.244 e. The Kier molecular flexibility index (Phi) is 18.9. The molecular weight excluding hydrogens is 1460 g/mol. The topological polar surface area (TPSA) is 90.2 Å². The van der Waals surface area contributed by atoms with Gasteiger partial charge in [-0.3, -0.25) is 0 Å². The average molecular weight is 1550 g/mol. The van der Waals surface area contributed by atoms with E-state index in [9.17, 15) is 0 Å². The quantitative estimate of drug-likeness (QED) is 0.142.